The van der Waals surface area contributed by atoms with Crippen molar-refractivity contribution in [1.82, 2.24) is 5.32 Å². The van der Waals surface area contributed by atoms with E-state index in [1.54, 1.807) is 0 Å². The molecule has 1 saturated carbocycles. The third-order valence-electron chi connectivity index (χ3n) is 5.18. The predicted octanol–water partition coefficient (Wildman–Crippen LogP) is 4.87. The van der Waals surface area contributed by atoms with Gasteiger partial charge in [-0.1, -0.05) is 50.6 Å². The van der Waals surface area contributed by atoms with Gasteiger partial charge in [0.25, 0.3) is 0 Å². The first-order valence-corrected chi connectivity index (χ1v) is 9.60. The van der Waals surface area contributed by atoms with Crippen molar-refractivity contribution in [3.63, 3.8) is 0 Å². The molecule has 0 spiro atoms. The first kappa shape index (κ1) is 19.5. The van der Waals surface area contributed by atoms with E-state index in [-0.39, 0.29) is 24.7 Å². The summed E-state index contributed by atoms with van der Waals surface area (Å²) < 4.78 is 5.32. The Balaban J connectivity index is 1.78. The van der Waals surface area contributed by atoms with E-state index in [1.165, 1.54) is 0 Å². The van der Waals surface area contributed by atoms with Crippen LogP contribution in [0.25, 0.3) is 0 Å². The van der Waals surface area contributed by atoms with Crippen LogP contribution in [0.1, 0.15) is 64.4 Å². The molecule has 25 heavy (non-hydrogen) atoms. The van der Waals surface area contributed by atoms with Crippen LogP contribution in [0.5, 0.6) is 0 Å². The largest absolute Gasteiger partial charge is 0.445 e. The van der Waals surface area contributed by atoms with E-state index >= 15 is 0 Å². The summed E-state index contributed by atoms with van der Waals surface area (Å²) in [5, 5.41) is 2.98. The highest BCUT2D eigenvalue weighted by Gasteiger charge is 2.29. The molecular formula is C21H31NO3. The number of hydrogen-bond donors (Lipinski definition) is 1. The van der Waals surface area contributed by atoms with Crippen LogP contribution in [0.2, 0.25) is 0 Å². The number of carbonyl (C=O) groups excluding carboxylic acids is 2. The molecule has 1 amide bonds. The predicted molar refractivity (Wildman–Crippen MR) is 99.2 cm³/mol. The lowest BCUT2D eigenvalue weighted by Gasteiger charge is -2.29. The van der Waals surface area contributed by atoms with Crippen LogP contribution >= 0.6 is 0 Å². The molecule has 1 fully saturated rings. The highest BCUT2D eigenvalue weighted by Crippen LogP contribution is 2.30. The van der Waals surface area contributed by atoms with Crippen LogP contribution in [-0.4, -0.2) is 17.9 Å². The van der Waals surface area contributed by atoms with Crippen molar-refractivity contribution in [2.45, 2.75) is 71.4 Å². The zero-order valence-electron chi connectivity index (χ0n) is 15.5. The number of ether oxygens (including phenoxy) is 1. The van der Waals surface area contributed by atoms with E-state index in [2.05, 4.69) is 19.2 Å². The molecule has 0 saturated heterocycles. The molecule has 4 nitrogen and oxygen atoms in total. The van der Waals surface area contributed by atoms with Crippen molar-refractivity contribution in [2.24, 2.45) is 11.8 Å². The van der Waals surface area contributed by atoms with Crippen molar-refractivity contribution in [2.75, 3.05) is 0 Å². The van der Waals surface area contributed by atoms with Gasteiger partial charge >= 0.3 is 6.09 Å². The van der Waals surface area contributed by atoms with Gasteiger partial charge in [0.05, 0.1) is 0 Å². The van der Waals surface area contributed by atoms with Crippen LogP contribution in [0.4, 0.5) is 4.79 Å². The van der Waals surface area contributed by atoms with Gasteiger partial charge in [-0.15, -0.1) is 0 Å². The summed E-state index contributed by atoms with van der Waals surface area (Å²) >= 11 is 0. The molecule has 1 aliphatic carbocycles. The summed E-state index contributed by atoms with van der Waals surface area (Å²) in [4.78, 5) is 24.2. The number of carbonyl (C=O) groups is 2. The molecule has 0 heterocycles. The minimum absolute atomic E-state index is 0.0789. The van der Waals surface area contributed by atoms with E-state index in [4.69, 9.17) is 4.74 Å². The summed E-state index contributed by atoms with van der Waals surface area (Å²) in [6.45, 7) is 4.57. The monoisotopic (exact) mass is 345 g/mol. The molecule has 2 rings (SSSR count). The summed E-state index contributed by atoms with van der Waals surface area (Å²) in [6.07, 6.45) is 6.14. The molecular weight excluding hydrogens is 314 g/mol. The average Bonchev–Trinajstić information content (AvgIpc) is 2.60. The highest BCUT2D eigenvalue weighted by atomic mass is 16.5. The normalized spacial score (nSPS) is 21.6. The van der Waals surface area contributed by atoms with Gasteiger partial charge < -0.3 is 10.1 Å². The number of alkyl carbamates (subject to hydrolysis) is 1. The quantitative estimate of drug-likeness (QED) is 0.731. The molecule has 3 atom stereocenters. The maximum absolute atomic E-state index is 12.1. The standard InChI is InChI=1S/C21H31NO3/c1-3-8-18(13-14-19-16(2)9-7-12-20(19)23)22-21(24)25-15-17-10-5-4-6-11-17/h4-6,10-11,16,18-19H,3,7-9,12-15H2,1-2H3,(H,22,24)/t16-,18-,19+/m0/s1. The third kappa shape index (κ3) is 6.52. The maximum Gasteiger partial charge on any atom is 0.407 e. The Kier molecular flexibility index (Phi) is 7.96. The number of amides is 1. The Morgan fingerprint density at radius 2 is 2.04 bits per heavy atom. The number of hydrogen-bond acceptors (Lipinski definition) is 3. The van der Waals surface area contributed by atoms with Crippen molar-refractivity contribution in [3.05, 3.63) is 35.9 Å². The lowest BCUT2D eigenvalue weighted by molar-refractivity contribution is -0.126. The fourth-order valence-electron chi connectivity index (χ4n) is 3.70. The van der Waals surface area contributed by atoms with Gasteiger partial charge in [0.2, 0.25) is 0 Å². The minimum Gasteiger partial charge on any atom is -0.445 e. The molecule has 1 N–H and O–H groups in total. The van der Waals surface area contributed by atoms with Crippen molar-refractivity contribution < 1.29 is 14.3 Å². The number of ketones is 1. The third-order valence-corrected chi connectivity index (χ3v) is 5.18. The topological polar surface area (TPSA) is 55.4 Å². The molecule has 0 radical (unpaired) electrons. The highest BCUT2D eigenvalue weighted by molar-refractivity contribution is 5.81. The molecule has 138 valence electrons. The van der Waals surface area contributed by atoms with Crippen molar-refractivity contribution >= 4 is 11.9 Å². The van der Waals surface area contributed by atoms with Gasteiger partial charge in [0.1, 0.15) is 12.4 Å². The molecule has 0 aliphatic heterocycles. The maximum atomic E-state index is 12.1. The average molecular weight is 345 g/mol. The van der Waals surface area contributed by atoms with Gasteiger partial charge in [-0.2, -0.15) is 0 Å². The fraction of sp³-hybridized carbons (Fsp3) is 0.619. The van der Waals surface area contributed by atoms with Gasteiger partial charge in [-0.25, -0.2) is 4.79 Å². The first-order chi connectivity index (χ1) is 12.1. The number of benzene rings is 1. The van der Waals surface area contributed by atoms with Crippen molar-refractivity contribution in [3.8, 4) is 0 Å². The first-order valence-electron chi connectivity index (χ1n) is 9.60. The summed E-state index contributed by atoms with van der Waals surface area (Å²) in [5.41, 5.74) is 0.978. The Bertz CT molecular complexity index is 543. The van der Waals surface area contributed by atoms with Crippen molar-refractivity contribution in [1.29, 1.82) is 0 Å². The smallest absolute Gasteiger partial charge is 0.407 e. The minimum atomic E-state index is -0.370. The van der Waals surface area contributed by atoms with Crippen LogP contribution in [0.3, 0.4) is 0 Å². The SMILES string of the molecule is CCC[C@@H](CC[C@H]1C(=O)CCC[C@@H]1C)NC(=O)OCc1ccccc1. The van der Waals surface area contributed by atoms with E-state index < -0.39 is 0 Å². The van der Waals surface area contributed by atoms with Gasteiger partial charge in [-0.05, 0) is 43.6 Å². The molecule has 4 heteroatoms. The Labute approximate surface area is 151 Å². The number of rotatable bonds is 8. The zero-order chi connectivity index (χ0) is 18.1. The number of Topliss-reactive ketones (excluding diaryl/α,β-unsaturated/α-hetero) is 1. The Morgan fingerprint density at radius 1 is 1.28 bits per heavy atom. The summed E-state index contributed by atoms with van der Waals surface area (Å²) in [7, 11) is 0. The number of nitrogens with one attached hydrogen (secondary N) is 1. The zero-order valence-corrected chi connectivity index (χ0v) is 15.5. The van der Waals surface area contributed by atoms with Gasteiger partial charge in [0, 0.05) is 18.4 Å². The lowest BCUT2D eigenvalue weighted by Crippen LogP contribution is -2.36. The van der Waals surface area contributed by atoms with Gasteiger partial charge in [-0.3, -0.25) is 4.79 Å². The van der Waals surface area contributed by atoms with E-state index in [0.717, 1.165) is 50.5 Å². The van der Waals surface area contributed by atoms with Crippen LogP contribution < -0.4 is 5.32 Å². The molecule has 1 aromatic carbocycles. The molecule has 1 aliphatic rings. The second-order valence-corrected chi connectivity index (χ2v) is 7.21. The molecule has 1 aromatic rings. The van der Waals surface area contributed by atoms with Crippen LogP contribution in [-0.2, 0) is 16.1 Å². The second-order valence-electron chi connectivity index (χ2n) is 7.21. The van der Waals surface area contributed by atoms with E-state index in [9.17, 15) is 9.59 Å². The van der Waals surface area contributed by atoms with Gasteiger partial charge in [0.15, 0.2) is 0 Å². The van der Waals surface area contributed by atoms with Crippen LogP contribution in [0, 0.1) is 11.8 Å². The lowest BCUT2D eigenvalue weighted by atomic mass is 9.76. The fourth-order valence-corrected chi connectivity index (χ4v) is 3.70. The summed E-state index contributed by atoms with van der Waals surface area (Å²) in [6, 6.07) is 9.75. The Hall–Kier alpha value is -1.84. The Morgan fingerprint density at radius 3 is 2.72 bits per heavy atom. The van der Waals surface area contributed by atoms with E-state index in [1.807, 2.05) is 30.3 Å². The van der Waals surface area contributed by atoms with E-state index in [0.29, 0.717) is 11.7 Å². The second kappa shape index (κ2) is 10.2. The molecule has 0 unspecified atom stereocenters. The summed E-state index contributed by atoms with van der Waals surface area (Å²) in [5.74, 6) is 1.03. The van der Waals surface area contributed by atoms with Crippen LogP contribution in [0.15, 0.2) is 30.3 Å². The molecule has 0 bridgehead atoms. The molecule has 0 aromatic heterocycles.